The number of imidazole rings is 1. The molecular weight excluding hydrogens is 288 g/mol. The summed E-state index contributed by atoms with van der Waals surface area (Å²) in [7, 11) is -1.83. The van der Waals surface area contributed by atoms with Gasteiger partial charge in [-0.05, 0) is 45.2 Å². The molecule has 6 nitrogen and oxygen atoms in total. The van der Waals surface area contributed by atoms with Crippen molar-refractivity contribution in [3.8, 4) is 0 Å². The van der Waals surface area contributed by atoms with Crippen LogP contribution in [0.25, 0.3) is 0 Å². The highest BCUT2D eigenvalue weighted by molar-refractivity contribution is 7.89. The average Bonchev–Trinajstić information content (AvgIpc) is 2.82. The van der Waals surface area contributed by atoms with Crippen molar-refractivity contribution in [2.24, 2.45) is 5.92 Å². The quantitative estimate of drug-likeness (QED) is 0.857. The van der Waals surface area contributed by atoms with E-state index in [0.29, 0.717) is 12.5 Å². The molecule has 0 bridgehead atoms. The van der Waals surface area contributed by atoms with E-state index in [-0.39, 0.29) is 5.03 Å². The number of sulfonamides is 1. The van der Waals surface area contributed by atoms with Crippen LogP contribution in [0.5, 0.6) is 0 Å². The van der Waals surface area contributed by atoms with Crippen LogP contribution < -0.4 is 5.32 Å². The number of hydrogen-bond acceptors (Lipinski definition) is 4. The van der Waals surface area contributed by atoms with Gasteiger partial charge in [-0.1, -0.05) is 6.92 Å². The minimum Gasteiger partial charge on any atom is -0.334 e. The Kier molecular flexibility index (Phi) is 5.40. The highest BCUT2D eigenvalue weighted by atomic mass is 32.2. The van der Waals surface area contributed by atoms with Crippen LogP contribution in [-0.4, -0.2) is 49.0 Å². The number of aromatic nitrogens is 2. The summed E-state index contributed by atoms with van der Waals surface area (Å²) in [5.74, 6) is 1.14. The fourth-order valence-corrected chi connectivity index (χ4v) is 4.01. The molecule has 2 rings (SSSR count). The van der Waals surface area contributed by atoms with Crippen LogP contribution in [0.4, 0.5) is 0 Å². The van der Waals surface area contributed by atoms with Gasteiger partial charge < -0.3 is 9.88 Å². The Hall–Kier alpha value is -0.920. The Morgan fingerprint density at radius 3 is 2.90 bits per heavy atom. The molecule has 1 aromatic rings. The average molecular weight is 314 g/mol. The van der Waals surface area contributed by atoms with Crippen LogP contribution in [0.15, 0.2) is 11.2 Å². The molecule has 7 heteroatoms. The molecule has 1 unspecified atom stereocenters. The van der Waals surface area contributed by atoms with Gasteiger partial charge in [0, 0.05) is 26.3 Å². The lowest BCUT2D eigenvalue weighted by molar-refractivity contribution is 0.314. The largest absolute Gasteiger partial charge is 0.334 e. The second kappa shape index (κ2) is 6.89. The summed E-state index contributed by atoms with van der Waals surface area (Å²) < 4.78 is 28.6. The molecule has 0 spiro atoms. The third-order valence-electron chi connectivity index (χ3n) is 4.01. The van der Waals surface area contributed by atoms with Crippen molar-refractivity contribution in [1.82, 2.24) is 19.2 Å². The van der Waals surface area contributed by atoms with Crippen molar-refractivity contribution in [2.45, 2.75) is 44.7 Å². The lowest BCUT2D eigenvalue weighted by atomic mass is 10.00. The SMILES string of the molecule is CCCn1cc(S(=O)(=O)N(C)CC2CCCNC2)nc1C. The van der Waals surface area contributed by atoms with E-state index in [2.05, 4.69) is 17.2 Å². The number of piperidine rings is 1. The monoisotopic (exact) mass is 314 g/mol. The summed E-state index contributed by atoms with van der Waals surface area (Å²) in [4.78, 5) is 4.23. The van der Waals surface area contributed by atoms with Crippen molar-refractivity contribution in [1.29, 1.82) is 0 Å². The molecule has 0 aliphatic carbocycles. The van der Waals surface area contributed by atoms with E-state index in [4.69, 9.17) is 0 Å². The maximum absolute atomic E-state index is 12.6. The third-order valence-corrected chi connectivity index (χ3v) is 5.70. The predicted octanol–water partition coefficient (Wildman–Crippen LogP) is 1.22. The number of hydrogen-bond donors (Lipinski definition) is 1. The van der Waals surface area contributed by atoms with Gasteiger partial charge in [-0.25, -0.2) is 13.4 Å². The van der Waals surface area contributed by atoms with Gasteiger partial charge in [0.2, 0.25) is 0 Å². The molecule has 1 N–H and O–H groups in total. The Balaban J connectivity index is 2.10. The molecule has 1 aromatic heterocycles. The molecular formula is C14H26N4O2S. The van der Waals surface area contributed by atoms with Crippen molar-refractivity contribution in [3.05, 3.63) is 12.0 Å². The van der Waals surface area contributed by atoms with Crippen molar-refractivity contribution in [3.63, 3.8) is 0 Å². The summed E-state index contributed by atoms with van der Waals surface area (Å²) in [5, 5.41) is 3.49. The first-order valence-corrected chi connectivity index (χ1v) is 9.10. The highest BCUT2D eigenvalue weighted by Gasteiger charge is 2.27. The van der Waals surface area contributed by atoms with Crippen LogP contribution in [0, 0.1) is 12.8 Å². The van der Waals surface area contributed by atoms with E-state index in [9.17, 15) is 8.42 Å². The van der Waals surface area contributed by atoms with Crippen molar-refractivity contribution in [2.75, 3.05) is 26.7 Å². The Bertz CT molecular complexity index is 562. The van der Waals surface area contributed by atoms with Gasteiger partial charge in [-0.2, -0.15) is 4.31 Å². The molecule has 0 amide bonds. The molecule has 0 aromatic carbocycles. The zero-order valence-electron chi connectivity index (χ0n) is 13.2. The van der Waals surface area contributed by atoms with Crippen molar-refractivity contribution >= 4 is 10.0 Å². The van der Waals surface area contributed by atoms with Gasteiger partial charge in [0.15, 0.2) is 5.03 Å². The molecule has 1 fully saturated rings. The minimum atomic E-state index is -3.48. The number of aryl methyl sites for hydroxylation is 2. The van der Waals surface area contributed by atoms with Gasteiger partial charge >= 0.3 is 0 Å². The molecule has 1 aliphatic rings. The fraction of sp³-hybridized carbons (Fsp3) is 0.786. The first-order valence-electron chi connectivity index (χ1n) is 7.66. The number of rotatable bonds is 6. The van der Waals surface area contributed by atoms with Gasteiger partial charge in [0.05, 0.1) is 0 Å². The Morgan fingerprint density at radius 2 is 2.29 bits per heavy atom. The van der Waals surface area contributed by atoms with Crippen LogP contribution in [-0.2, 0) is 16.6 Å². The summed E-state index contributed by atoms with van der Waals surface area (Å²) in [6.45, 7) is 7.19. The summed E-state index contributed by atoms with van der Waals surface area (Å²) >= 11 is 0. The molecule has 0 saturated carbocycles. The Morgan fingerprint density at radius 1 is 1.52 bits per heavy atom. The molecule has 2 heterocycles. The predicted molar refractivity (Wildman–Crippen MR) is 82.7 cm³/mol. The molecule has 21 heavy (non-hydrogen) atoms. The van der Waals surface area contributed by atoms with Gasteiger partial charge in [-0.3, -0.25) is 0 Å². The molecule has 1 atom stereocenters. The Labute approximate surface area is 127 Å². The second-order valence-electron chi connectivity index (χ2n) is 5.82. The highest BCUT2D eigenvalue weighted by Crippen LogP contribution is 2.18. The maximum atomic E-state index is 12.6. The van der Waals surface area contributed by atoms with E-state index in [1.54, 1.807) is 13.2 Å². The first-order chi connectivity index (χ1) is 9.95. The first kappa shape index (κ1) is 16.5. The fourth-order valence-electron chi connectivity index (χ4n) is 2.77. The summed E-state index contributed by atoms with van der Waals surface area (Å²) in [6.07, 6.45) is 4.81. The van der Waals surface area contributed by atoms with Gasteiger partial charge in [0.1, 0.15) is 5.82 Å². The van der Waals surface area contributed by atoms with Crippen LogP contribution in [0.3, 0.4) is 0 Å². The zero-order valence-corrected chi connectivity index (χ0v) is 14.0. The van der Waals surface area contributed by atoms with Crippen LogP contribution in [0.2, 0.25) is 0 Å². The smallest absolute Gasteiger partial charge is 0.261 e. The number of nitrogens with zero attached hydrogens (tertiary/aromatic N) is 3. The van der Waals surface area contributed by atoms with E-state index < -0.39 is 10.0 Å². The topological polar surface area (TPSA) is 67.2 Å². The van der Waals surface area contributed by atoms with Gasteiger partial charge in [-0.15, -0.1) is 0 Å². The lowest BCUT2D eigenvalue weighted by Crippen LogP contribution is -2.39. The zero-order chi connectivity index (χ0) is 15.5. The van der Waals surface area contributed by atoms with Crippen LogP contribution >= 0.6 is 0 Å². The van der Waals surface area contributed by atoms with E-state index in [1.165, 1.54) is 4.31 Å². The lowest BCUT2D eigenvalue weighted by Gasteiger charge is -2.26. The summed E-state index contributed by atoms with van der Waals surface area (Å²) in [5.41, 5.74) is 0. The van der Waals surface area contributed by atoms with E-state index in [0.717, 1.165) is 44.7 Å². The third kappa shape index (κ3) is 3.84. The molecule has 1 aliphatic heterocycles. The molecule has 120 valence electrons. The number of nitrogens with one attached hydrogen (secondary N) is 1. The molecule has 1 saturated heterocycles. The normalized spacial score (nSPS) is 20.1. The summed E-state index contributed by atoms with van der Waals surface area (Å²) in [6, 6.07) is 0. The molecule has 0 radical (unpaired) electrons. The van der Waals surface area contributed by atoms with Crippen LogP contribution in [0.1, 0.15) is 32.0 Å². The minimum absolute atomic E-state index is 0.166. The van der Waals surface area contributed by atoms with Gasteiger partial charge in [0.25, 0.3) is 10.0 Å². The maximum Gasteiger partial charge on any atom is 0.261 e. The standard InChI is InChI=1S/C14H26N4O2S/c1-4-8-18-11-14(16-12(18)2)21(19,20)17(3)10-13-6-5-7-15-9-13/h11,13,15H,4-10H2,1-3H3. The van der Waals surface area contributed by atoms with Crippen molar-refractivity contribution < 1.29 is 8.42 Å². The van der Waals surface area contributed by atoms with E-state index in [1.807, 2.05) is 11.5 Å². The second-order valence-corrected chi connectivity index (χ2v) is 7.81. The van der Waals surface area contributed by atoms with E-state index >= 15 is 0 Å².